The number of hydrogen-bond donors (Lipinski definition) is 2. The van der Waals surface area contributed by atoms with Gasteiger partial charge in [0, 0.05) is 11.6 Å². The molecule has 0 heterocycles. The second kappa shape index (κ2) is 4.83. The molecule has 0 saturated carbocycles. The van der Waals surface area contributed by atoms with E-state index in [2.05, 4.69) is 5.32 Å². The molecule has 0 bridgehead atoms. The number of nitrogens with one attached hydrogen (secondary N) is 1. The molecule has 0 spiro atoms. The van der Waals surface area contributed by atoms with Gasteiger partial charge < -0.3 is 14.6 Å². The van der Waals surface area contributed by atoms with E-state index in [9.17, 15) is 5.11 Å². The summed E-state index contributed by atoms with van der Waals surface area (Å²) in [6, 6.07) is 5.26. The van der Waals surface area contributed by atoms with Crippen molar-refractivity contribution >= 4 is 0 Å². The summed E-state index contributed by atoms with van der Waals surface area (Å²) in [4.78, 5) is 0. The molecular formula is C10H15NO3. The average molecular weight is 197 g/mol. The number of methoxy groups -OCH3 is 2. The summed E-state index contributed by atoms with van der Waals surface area (Å²) in [7, 11) is 4.82. The third-order valence-corrected chi connectivity index (χ3v) is 1.96. The first kappa shape index (κ1) is 10.8. The van der Waals surface area contributed by atoms with Crippen LogP contribution in [-0.2, 0) is 0 Å². The lowest BCUT2D eigenvalue weighted by atomic mass is 10.1. The molecular weight excluding hydrogens is 182 g/mol. The van der Waals surface area contributed by atoms with Gasteiger partial charge in [-0.25, -0.2) is 0 Å². The average Bonchev–Trinajstić information content (AvgIpc) is 2.27. The summed E-state index contributed by atoms with van der Waals surface area (Å²) in [5.41, 5.74) is 0.712. The lowest BCUT2D eigenvalue weighted by Gasteiger charge is -2.12. The number of hydrogen-bond acceptors (Lipinski definition) is 4. The second-order valence-electron chi connectivity index (χ2n) is 2.84. The van der Waals surface area contributed by atoms with Crippen molar-refractivity contribution in [1.29, 1.82) is 0 Å². The summed E-state index contributed by atoms with van der Waals surface area (Å²) in [5.74, 6) is 1.32. The van der Waals surface area contributed by atoms with Crippen LogP contribution < -0.4 is 14.8 Å². The molecule has 1 rings (SSSR count). The standard InChI is InChI=1S/C10H15NO3/c1-11-10(12)7-4-8(13-2)6-9(5-7)14-3/h4-6,10-12H,1-3H3. The first-order valence-electron chi connectivity index (χ1n) is 4.29. The summed E-state index contributed by atoms with van der Waals surface area (Å²) >= 11 is 0. The molecule has 14 heavy (non-hydrogen) atoms. The van der Waals surface area contributed by atoms with E-state index in [0.29, 0.717) is 17.1 Å². The van der Waals surface area contributed by atoms with Crippen LogP contribution in [0.2, 0.25) is 0 Å². The molecule has 4 nitrogen and oxygen atoms in total. The molecule has 0 amide bonds. The Hall–Kier alpha value is -1.26. The molecule has 0 fully saturated rings. The van der Waals surface area contributed by atoms with Crippen molar-refractivity contribution in [2.45, 2.75) is 6.23 Å². The minimum Gasteiger partial charge on any atom is -0.497 e. The lowest BCUT2D eigenvalue weighted by Crippen LogP contribution is -2.15. The summed E-state index contributed by atoms with van der Waals surface area (Å²) < 4.78 is 10.1. The molecule has 1 unspecified atom stereocenters. The van der Waals surface area contributed by atoms with E-state index in [1.807, 2.05) is 0 Å². The Bertz CT molecular complexity index is 279. The number of aliphatic hydroxyl groups excluding tert-OH is 1. The highest BCUT2D eigenvalue weighted by Crippen LogP contribution is 2.25. The molecule has 0 saturated heterocycles. The van der Waals surface area contributed by atoms with Crippen LogP contribution >= 0.6 is 0 Å². The third-order valence-electron chi connectivity index (χ3n) is 1.96. The first-order chi connectivity index (χ1) is 6.71. The van der Waals surface area contributed by atoms with E-state index in [0.717, 1.165) is 0 Å². The predicted octanol–water partition coefficient (Wildman–Crippen LogP) is 0.914. The van der Waals surface area contributed by atoms with E-state index in [1.54, 1.807) is 39.5 Å². The lowest BCUT2D eigenvalue weighted by molar-refractivity contribution is 0.148. The Morgan fingerprint density at radius 1 is 1.14 bits per heavy atom. The smallest absolute Gasteiger partial charge is 0.131 e. The monoisotopic (exact) mass is 197 g/mol. The quantitative estimate of drug-likeness (QED) is 0.704. The molecule has 0 radical (unpaired) electrons. The number of rotatable bonds is 4. The van der Waals surface area contributed by atoms with Gasteiger partial charge in [-0.1, -0.05) is 0 Å². The molecule has 0 aliphatic carbocycles. The van der Waals surface area contributed by atoms with Gasteiger partial charge in [0.25, 0.3) is 0 Å². The van der Waals surface area contributed by atoms with Crippen LogP contribution in [0.15, 0.2) is 18.2 Å². The van der Waals surface area contributed by atoms with Gasteiger partial charge in [0.05, 0.1) is 14.2 Å². The number of benzene rings is 1. The van der Waals surface area contributed by atoms with Gasteiger partial charge in [0.2, 0.25) is 0 Å². The van der Waals surface area contributed by atoms with Crippen LogP contribution in [0.1, 0.15) is 11.8 Å². The zero-order valence-corrected chi connectivity index (χ0v) is 8.57. The van der Waals surface area contributed by atoms with Crippen molar-refractivity contribution in [3.63, 3.8) is 0 Å². The fourth-order valence-corrected chi connectivity index (χ4v) is 1.15. The summed E-state index contributed by atoms with van der Waals surface area (Å²) in [6.07, 6.45) is -0.709. The highest BCUT2D eigenvalue weighted by Gasteiger charge is 2.08. The van der Waals surface area contributed by atoms with Crippen molar-refractivity contribution in [3.8, 4) is 11.5 Å². The Labute approximate surface area is 83.5 Å². The molecule has 78 valence electrons. The van der Waals surface area contributed by atoms with E-state index in [4.69, 9.17) is 9.47 Å². The largest absolute Gasteiger partial charge is 0.497 e. The van der Waals surface area contributed by atoms with E-state index in [-0.39, 0.29) is 0 Å². The van der Waals surface area contributed by atoms with Gasteiger partial charge >= 0.3 is 0 Å². The van der Waals surface area contributed by atoms with Crippen molar-refractivity contribution in [1.82, 2.24) is 5.32 Å². The fraction of sp³-hybridized carbons (Fsp3) is 0.400. The maximum Gasteiger partial charge on any atom is 0.131 e. The van der Waals surface area contributed by atoms with Crippen LogP contribution in [0, 0.1) is 0 Å². The minimum absolute atomic E-state index is 0.661. The van der Waals surface area contributed by atoms with Crippen molar-refractivity contribution in [2.75, 3.05) is 21.3 Å². The van der Waals surface area contributed by atoms with Gasteiger partial charge in [-0.3, -0.25) is 5.32 Å². The van der Waals surface area contributed by atoms with Crippen molar-refractivity contribution in [2.24, 2.45) is 0 Å². The van der Waals surface area contributed by atoms with Crippen LogP contribution in [-0.4, -0.2) is 26.4 Å². The van der Waals surface area contributed by atoms with Crippen LogP contribution in [0.3, 0.4) is 0 Å². The van der Waals surface area contributed by atoms with Gasteiger partial charge in [-0.2, -0.15) is 0 Å². The summed E-state index contributed by atoms with van der Waals surface area (Å²) in [5, 5.41) is 12.3. The van der Waals surface area contributed by atoms with Gasteiger partial charge in [0.1, 0.15) is 17.7 Å². The Morgan fingerprint density at radius 3 is 2.00 bits per heavy atom. The number of ether oxygens (including phenoxy) is 2. The molecule has 0 aromatic heterocycles. The van der Waals surface area contributed by atoms with E-state index < -0.39 is 6.23 Å². The molecule has 0 aliphatic rings. The molecule has 0 aliphatic heterocycles. The summed E-state index contributed by atoms with van der Waals surface area (Å²) in [6.45, 7) is 0. The Kier molecular flexibility index (Phi) is 3.73. The molecule has 1 atom stereocenters. The minimum atomic E-state index is -0.709. The topological polar surface area (TPSA) is 50.7 Å². The molecule has 4 heteroatoms. The number of aliphatic hydroxyl groups is 1. The van der Waals surface area contributed by atoms with Crippen LogP contribution in [0.5, 0.6) is 11.5 Å². The van der Waals surface area contributed by atoms with E-state index in [1.165, 1.54) is 0 Å². The molecule has 2 N–H and O–H groups in total. The van der Waals surface area contributed by atoms with Crippen LogP contribution in [0.25, 0.3) is 0 Å². The van der Waals surface area contributed by atoms with Crippen molar-refractivity contribution < 1.29 is 14.6 Å². The third kappa shape index (κ3) is 2.37. The maximum absolute atomic E-state index is 9.55. The van der Waals surface area contributed by atoms with Gasteiger partial charge in [0.15, 0.2) is 0 Å². The maximum atomic E-state index is 9.55. The molecule has 1 aromatic rings. The second-order valence-corrected chi connectivity index (χ2v) is 2.84. The highest BCUT2D eigenvalue weighted by atomic mass is 16.5. The Balaban J connectivity index is 3.04. The molecule has 1 aromatic carbocycles. The first-order valence-corrected chi connectivity index (χ1v) is 4.29. The van der Waals surface area contributed by atoms with Crippen molar-refractivity contribution in [3.05, 3.63) is 23.8 Å². The van der Waals surface area contributed by atoms with Gasteiger partial charge in [-0.05, 0) is 19.2 Å². The highest BCUT2D eigenvalue weighted by molar-refractivity contribution is 5.39. The zero-order chi connectivity index (χ0) is 10.6. The van der Waals surface area contributed by atoms with Crippen LogP contribution in [0.4, 0.5) is 0 Å². The predicted molar refractivity (Wildman–Crippen MR) is 53.6 cm³/mol. The Morgan fingerprint density at radius 2 is 1.64 bits per heavy atom. The normalized spacial score (nSPS) is 12.3. The SMILES string of the molecule is CNC(O)c1cc(OC)cc(OC)c1. The fourth-order valence-electron chi connectivity index (χ4n) is 1.15. The van der Waals surface area contributed by atoms with E-state index >= 15 is 0 Å². The zero-order valence-electron chi connectivity index (χ0n) is 8.57. The van der Waals surface area contributed by atoms with Gasteiger partial charge in [-0.15, -0.1) is 0 Å².